The van der Waals surface area contributed by atoms with Crippen molar-refractivity contribution < 1.29 is 14.3 Å². The molecule has 0 saturated heterocycles. The number of aromatic nitrogens is 4. The van der Waals surface area contributed by atoms with Gasteiger partial charge in [-0.25, -0.2) is 14.9 Å². The fourth-order valence-corrected chi connectivity index (χ4v) is 1.32. The molecule has 0 radical (unpaired) electrons. The Bertz CT molecular complexity index is 582. The molecule has 0 aliphatic carbocycles. The van der Waals surface area contributed by atoms with E-state index in [1.54, 1.807) is 13.0 Å². The lowest BCUT2D eigenvalue weighted by Crippen LogP contribution is -2.17. The molecule has 0 saturated carbocycles. The van der Waals surface area contributed by atoms with E-state index in [0.717, 1.165) is 0 Å². The van der Waals surface area contributed by atoms with Gasteiger partial charge >= 0.3 is 5.97 Å². The minimum absolute atomic E-state index is 0.0760. The first-order valence-corrected chi connectivity index (χ1v) is 5.51. The third-order valence-corrected chi connectivity index (χ3v) is 2.11. The number of nitrogens with one attached hydrogen (secondary N) is 2. The van der Waals surface area contributed by atoms with Gasteiger partial charge in [-0.15, -0.1) is 0 Å². The van der Waals surface area contributed by atoms with Gasteiger partial charge in [0.05, 0.1) is 6.61 Å². The van der Waals surface area contributed by atoms with Crippen LogP contribution in [0, 0.1) is 0 Å². The van der Waals surface area contributed by atoms with Crippen LogP contribution >= 0.6 is 0 Å². The van der Waals surface area contributed by atoms with Crippen LogP contribution in [0.3, 0.4) is 0 Å². The maximum Gasteiger partial charge on any atom is 0.356 e. The number of esters is 1. The van der Waals surface area contributed by atoms with E-state index in [1.165, 1.54) is 18.5 Å². The van der Waals surface area contributed by atoms with Gasteiger partial charge in [0.15, 0.2) is 0 Å². The molecule has 0 aliphatic heterocycles. The highest BCUT2D eigenvalue weighted by Gasteiger charge is 2.13. The van der Waals surface area contributed by atoms with Crippen LogP contribution in [0.5, 0.6) is 0 Å². The zero-order valence-corrected chi connectivity index (χ0v) is 10.1. The molecule has 0 aromatic carbocycles. The van der Waals surface area contributed by atoms with E-state index in [2.05, 4.69) is 25.5 Å². The maximum absolute atomic E-state index is 11.8. The molecule has 8 nitrogen and oxygen atoms in total. The van der Waals surface area contributed by atoms with Crippen LogP contribution < -0.4 is 5.32 Å². The Labute approximate surface area is 108 Å². The van der Waals surface area contributed by atoms with E-state index in [1.807, 2.05) is 0 Å². The molecule has 2 rings (SSSR count). The van der Waals surface area contributed by atoms with Gasteiger partial charge in [0.2, 0.25) is 5.95 Å². The molecule has 0 aliphatic rings. The van der Waals surface area contributed by atoms with Crippen LogP contribution in [0.4, 0.5) is 5.95 Å². The monoisotopic (exact) mass is 261 g/mol. The van der Waals surface area contributed by atoms with Crippen LogP contribution in [0.2, 0.25) is 0 Å². The zero-order valence-electron chi connectivity index (χ0n) is 10.1. The second-order valence-corrected chi connectivity index (χ2v) is 3.42. The van der Waals surface area contributed by atoms with Crippen LogP contribution in [-0.4, -0.2) is 38.6 Å². The Kier molecular flexibility index (Phi) is 3.81. The number of ether oxygens (including phenoxy) is 1. The summed E-state index contributed by atoms with van der Waals surface area (Å²) in [5.41, 5.74) is 0.161. The van der Waals surface area contributed by atoms with E-state index in [4.69, 9.17) is 4.74 Å². The van der Waals surface area contributed by atoms with Crippen molar-refractivity contribution in [1.29, 1.82) is 0 Å². The van der Waals surface area contributed by atoms with Crippen molar-refractivity contribution in [3.8, 4) is 0 Å². The first-order chi connectivity index (χ1) is 9.20. The van der Waals surface area contributed by atoms with Gasteiger partial charge in [-0.1, -0.05) is 6.07 Å². The fourth-order valence-electron chi connectivity index (χ4n) is 1.32. The average molecular weight is 261 g/mol. The van der Waals surface area contributed by atoms with Crippen LogP contribution in [-0.2, 0) is 4.74 Å². The minimum atomic E-state index is -0.572. The maximum atomic E-state index is 11.8. The summed E-state index contributed by atoms with van der Waals surface area (Å²) in [7, 11) is 0. The number of pyridine rings is 1. The van der Waals surface area contributed by atoms with E-state index in [0.29, 0.717) is 0 Å². The summed E-state index contributed by atoms with van der Waals surface area (Å²) in [6.07, 6.45) is 1.26. The van der Waals surface area contributed by atoms with E-state index in [-0.39, 0.29) is 23.9 Å². The van der Waals surface area contributed by atoms with E-state index < -0.39 is 11.9 Å². The molecular weight excluding hydrogens is 250 g/mol. The quantitative estimate of drug-likeness (QED) is 0.781. The Morgan fingerprint density at radius 2 is 2.16 bits per heavy atom. The predicted octanol–water partition coefficient (Wildman–Crippen LogP) is 0.629. The van der Waals surface area contributed by atoms with Gasteiger partial charge in [0.25, 0.3) is 5.91 Å². The molecule has 0 atom stereocenters. The van der Waals surface area contributed by atoms with Crippen molar-refractivity contribution in [2.24, 2.45) is 0 Å². The molecule has 0 fully saturated rings. The lowest BCUT2D eigenvalue weighted by molar-refractivity contribution is 0.0519. The summed E-state index contributed by atoms with van der Waals surface area (Å²) in [6, 6.07) is 4.51. The second kappa shape index (κ2) is 5.71. The highest BCUT2D eigenvalue weighted by Crippen LogP contribution is 2.04. The van der Waals surface area contributed by atoms with Crippen LogP contribution in [0.25, 0.3) is 0 Å². The molecule has 8 heteroatoms. The van der Waals surface area contributed by atoms with Gasteiger partial charge in [-0.05, 0) is 19.1 Å². The van der Waals surface area contributed by atoms with Gasteiger partial charge in [0, 0.05) is 0 Å². The Hall–Kier alpha value is -2.77. The van der Waals surface area contributed by atoms with Gasteiger partial charge in [-0.3, -0.25) is 10.1 Å². The van der Waals surface area contributed by atoms with Crippen molar-refractivity contribution in [3.05, 3.63) is 35.9 Å². The first kappa shape index (κ1) is 12.7. The number of hydrogen-bond donors (Lipinski definition) is 2. The lowest BCUT2D eigenvalue weighted by Gasteiger charge is -2.03. The van der Waals surface area contributed by atoms with Crippen LogP contribution in [0.15, 0.2) is 24.5 Å². The number of carbonyl (C=O) groups excluding carboxylic acids is 2. The van der Waals surface area contributed by atoms with Crippen molar-refractivity contribution in [2.45, 2.75) is 6.92 Å². The molecule has 2 aromatic rings. The highest BCUT2D eigenvalue weighted by atomic mass is 16.5. The first-order valence-electron chi connectivity index (χ1n) is 5.51. The molecular formula is C11H11N5O3. The van der Waals surface area contributed by atoms with Gasteiger partial charge in [0.1, 0.15) is 17.7 Å². The number of amides is 1. The Balaban J connectivity index is 2.14. The second-order valence-electron chi connectivity index (χ2n) is 3.42. The van der Waals surface area contributed by atoms with Gasteiger partial charge in [-0.2, -0.15) is 10.1 Å². The number of anilines is 1. The molecule has 19 heavy (non-hydrogen) atoms. The minimum Gasteiger partial charge on any atom is -0.461 e. The highest BCUT2D eigenvalue weighted by molar-refractivity contribution is 6.02. The average Bonchev–Trinajstić information content (AvgIpc) is 2.92. The van der Waals surface area contributed by atoms with Gasteiger partial charge < -0.3 is 4.74 Å². The molecule has 1 amide bonds. The summed E-state index contributed by atoms with van der Waals surface area (Å²) in [4.78, 5) is 31.0. The molecule has 0 spiro atoms. The number of H-pyrrole nitrogens is 1. The van der Waals surface area contributed by atoms with Crippen molar-refractivity contribution in [2.75, 3.05) is 11.9 Å². The summed E-state index contributed by atoms with van der Waals surface area (Å²) in [6.45, 7) is 1.94. The van der Waals surface area contributed by atoms with Crippen molar-refractivity contribution in [3.63, 3.8) is 0 Å². The zero-order chi connectivity index (χ0) is 13.7. The van der Waals surface area contributed by atoms with E-state index in [9.17, 15) is 9.59 Å². The van der Waals surface area contributed by atoms with Crippen LogP contribution in [0.1, 0.15) is 27.9 Å². The summed E-state index contributed by atoms with van der Waals surface area (Å²) in [5, 5.41) is 8.53. The number of nitrogens with zero attached hydrogens (tertiary/aromatic N) is 3. The lowest BCUT2D eigenvalue weighted by atomic mass is 10.3. The standard InChI is InChI=1S/C11H11N5O3/c1-2-19-10(18)8-5-3-4-7(14-8)9(17)15-11-12-6-13-16-11/h3-6H,2H2,1H3,(H2,12,13,15,16,17). The topological polar surface area (TPSA) is 110 Å². The third kappa shape index (κ3) is 3.12. The number of rotatable bonds is 4. The SMILES string of the molecule is CCOC(=O)c1cccc(C(=O)Nc2ncn[nH]2)n1. The van der Waals surface area contributed by atoms with Crippen molar-refractivity contribution >= 4 is 17.8 Å². The predicted molar refractivity (Wildman–Crippen MR) is 64.5 cm³/mol. The fraction of sp³-hybridized carbons (Fsp3) is 0.182. The normalized spacial score (nSPS) is 9.95. The largest absolute Gasteiger partial charge is 0.461 e. The number of hydrogen-bond acceptors (Lipinski definition) is 6. The molecule has 0 bridgehead atoms. The van der Waals surface area contributed by atoms with Crippen molar-refractivity contribution in [1.82, 2.24) is 20.2 Å². The Morgan fingerprint density at radius 3 is 2.84 bits per heavy atom. The molecule has 2 heterocycles. The summed E-state index contributed by atoms with van der Waals surface area (Å²) in [5.74, 6) is -0.868. The Morgan fingerprint density at radius 1 is 1.37 bits per heavy atom. The molecule has 2 N–H and O–H groups in total. The summed E-state index contributed by atoms with van der Waals surface area (Å²) < 4.78 is 4.81. The number of aromatic amines is 1. The summed E-state index contributed by atoms with van der Waals surface area (Å²) >= 11 is 0. The molecule has 0 unspecified atom stereocenters. The number of carbonyl (C=O) groups is 2. The smallest absolute Gasteiger partial charge is 0.356 e. The molecule has 98 valence electrons. The molecule has 2 aromatic heterocycles. The third-order valence-electron chi connectivity index (χ3n) is 2.11. The van der Waals surface area contributed by atoms with E-state index >= 15 is 0 Å².